The lowest BCUT2D eigenvalue weighted by molar-refractivity contribution is -0.134. The van der Waals surface area contributed by atoms with Crippen LogP contribution in [0.2, 0.25) is 0 Å². The first kappa shape index (κ1) is 20.0. The van der Waals surface area contributed by atoms with E-state index in [4.69, 9.17) is 4.74 Å². The highest BCUT2D eigenvalue weighted by molar-refractivity contribution is 6.41. The van der Waals surface area contributed by atoms with E-state index in [0.717, 1.165) is 36.1 Å². The minimum absolute atomic E-state index is 0.0740. The molecule has 0 bridgehead atoms. The number of ether oxygens (including phenoxy) is 1. The van der Waals surface area contributed by atoms with Crippen molar-refractivity contribution in [3.05, 3.63) is 59.1 Å². The number of Topliss-reactive ketones (excluding diaryl/α,β-unsaturated/α-hetero) is 1. The van der Waals surface area contributed by atoms with Crippen LogP contribution < -0.4 is 5.43 Å². The molecule has 0 amide bonds. The molecule has 0 spiro atoms. The highest BCUT2D eigenvalue weighted by atomic mass is 16.5. The molecule has 6 heteroatoms. The van der Waals surface area contributed by atoms with Crippen LogP contribution in [-0.4, -0.2) is 29.1 Å². The highest BCUT2D eigenvalue weighted by Crippen LogP contribution is 2.31. The number of allylic oxidation sites excluding steroid dienone is 1. The molecular formula is C22H27N3O3. The average Bonchev–Trinajstić information content (AvgIpc) is 3.15. The van der Waals surface area contributed by atoms with Gasteiger partial charge in [0.15, 0.2) is 11.5 Å². The number of esters is 1. The Balaban J connectivity index is 1.78. The zero-order valence-corrected chi connectivity index (χ0v) is 16.7. The Morgan fingerprint density at radius 2 is 1.93 bits per heavy atom. The summed E-state index contributed by atoms with van der Waals surface area (Å²) in [4.78, 5) is 28.7. The maximum Gasteiger partial charge on any atom is 0.357 e. The van der Waals surface area contributed by atoms with Gasteiger partial charge < -0.3 is 4.74 Å². The molecule has 1 unspecified atom stereocenters. The molecule has 3 rings (SSSR count). The van der Waals surface area contributed by atoms with Crippen molar-refractivity contribution in [1.29, 1.82) is 0 Å². The van der Waals surface area contributed by atoms with Crippen LogP contribution in [0.3, 0.4) is 0 Å². The van der Waals surface area contributed by atoms with Crippen LogP contribution in [0.1, 0.15) is 68.4 Å². The maximum atomic E-state index is 12.2. The number of benzene rings is 1. The fourth-order valence-corrected chi connectivity index (χ4v) is 3.26. The number of hydrogen-bond acceptors (Lipinski definition) is 6. The summed E-state index contributed by atoms with van der Waals surface area (Å²) in [6.07, 6.45) is 7.02. The number of carbonyl (C=O) groups is 2. The molecule has 2 aliphatic rings. The smallest absolute Gasteiger partial charge is 0.357 e. The molecule has 2 heterocycles. The molecule has 2 aliphatic heterocycles. The van der Waals surface area contributed by atoms with Gasteiger partial charge in [0.1, 0.15) is 5.82 Å². The average molecular weight is 381 g/mol. The van der Waals surface area contributed by atoms with Crippen molar-refractivity contribution in [2.24, 2.45) is 4.99 Å². The summed E-state index contributed by atoms with van der Waals surface area (Å²) < 4.78 is 5.09. The second-order valence-corrected chi connectivity index (χ2v) is 6.82. The number of unbranched alkanes of at least 4 members (excludes halogenated alkanes) is 1. The van der Waals surface area contributed by atoms with Crippen molar-refractivity contribution in [2.75, 3.05) is 6.61 Å². The van der Waals surface area contributed by atoms with Gasteiger partial charge in [-0.3, -0.25) is 9.80 Å². The van der Waals surface area contributed by atoms with E-state index in [2.05, 4.69) is 17.3 Å². The van der Waals surface area contributed by atoms with E-state index in [1.165, 1.54) is 0 Å². The highest BCUT2D eigenvalue weighted by Gasteiger charge is 2.30. The third-order valence-electron chi connectivity index (χ3n) is 4.83. The van der Waals surface area contributed by atoms with Crippen molar-refractivity contribution < 1.29 is 14.3 Å². The molecule has 148 valence electrons. The number of ketones is 1. The molecule has 0 aromatic heterocycles. The molecule has 1 N–H and O–H groups in total. The summed E-state index contributed by atoms with van der Waals surface area (Å²) in [6, 6.07) is 7.63. The standard InChI is InChI=1S/C22H27N3O3/c1-4-7-8-20(26)16-11-9-15(10-12-16)18-14-21-23-19(22(27)28-6-3)13-17(5-2)25(21)24-18/h9-14,18,24H,4-8H2,1-3H3. The lowest BCUT2D eigenvalue weighted by Gasteiger charge is -2.27. The predicted molar refractivity (Wildman–Crippen MR) is 109 cm³/mol. The Morgan fingerprint density at radius 3 is 2.57 bits per heavy atom. The first-order valence-electron chi connectivity index (χ1n) is 9.95. The quantitative estimate of drug-likeness (QED) is 0.543. The van der Waals surface area contributed by atoms with Gasteiger partial charge in [-0.05, 0) is 37.5 Å². The first-order valence-corrected chi connectivity index (χ1v) is 9.95. The lowest BCUT2D eigenvalue weighted by Crippen LogP contribution is -2.35. The van der Waals surface area contributed by atoms with Crippen LogP contribution in [-0.2, 0) is 9.53 Å². The molecule has 6 nitrogen and oxygen atoms in total. The third-order valence-corrected chi connectivity index (χ3v) is 4.83. The largest absolute Gasteiger partial charge is 0.461 e. The number of rotatable bonds is 8. The summed E-state index contributed by atoms with van der Waals surface area (Å²) in [5.74, 6) is 0.464. The van der Waals surface area contributed by atoms with Crippen LogP contribution in [0.4, 0.5) is 0 Å². The van der Waals surface area contributed by atoms with Crippen LogP contribution in [0.5, 0.6) is 0 Å². The Kier molecular flexibility index (Phi) is 6.41. The van der Waals surface area contributed by atoms with Crippen molar-refractivity contribution >= 4 is 17.5 Å². The van der Waals surface area contributed by atoms with E-state index in [0.29, 0.717) is 24.6 Å². The molecule has 0 radical (unpaired) electrons. The normalized spacial score (nSPS) is 18.2. The maximum absolute atomic E-state index is 12.2. The van der Waals surface area contributed by atoms with Gasteiger partial charge in [0.25, 0.3) is 0 Å². The molecule has 0 saturated carbocycles. The van der Waals surface area contributed by atoms with Crippen molar-refractivity contribution in [3.63, 3.8) is 0 Å². The summed E-state index contributed by atoms with van der Waals surface area (Å²) in [7, 11) is 0. The van der Waals surface area contributed by atoms with Crippen LogP contribution >= 0.6 is 0 Å². The molecule has 0 saturated heterocycles. The van der Waals surface area contributed by atoms with Crippen molar-refractivity contribution in [2.45, 2.75) is 52.5 Å². The summed E-state index contributed by atoms with van der Waals surface area (Å²) in [5.41, 5.74) is 6.48. The fourth-order valence-electron chi connectivity index (χ4n) is 3.26. The minimum atomic E-state index is -0.410. The van der Waals surface area contributed by atoms with Crippen LogP contribution in [0, 0.1) is 0 Å². The van der Waals surface area contributed by atoms with Crippen molar-refractivity contribution in [3.8, 4) is 0 Å². The number of carbonyl (C=O) groups excluding carboxylic acids is 2. The molecule has 1 aromatic carbocycles. The van der Waals surface area contributed by atoms with Gasteiger partial charge in [0.2, 0.25) is 0 Å². The Labute approximate surface area is 165 Å². The van der Waals surface area contributed by atoms with Gasteiger partial charge in [-0.25, -0.2) is 15.2 Å². The van der Waals surface area contributed by atoms with E-state index in [9.17, 15) is 9.59 Å². The van der Waals surface area contributed by atoms with E-state index in [1.807, 2.05) is 42.3 Å². The Morgan fingerprint density at radius 1 is 1.18 bits per heavy atom. The number of hydrazine groups is 1. The summed E-state index contributed by atoms with van der Waals surface area (Å²) in [6.45, 7) is 6.21. The van der Waals surface area contributed by atoms with E-state index in [1.54, 1.807) is 13.0 Å². The molecule has 1 atom stereocenters. The van der Waals surface area contributed by atoms with E-state index in [-0.39, 0.29) is 11.8 Å². The third kappa shape index (κ3) is 4.22. The molecule has 1 aromatic rings. The Bertz CT molecular complexity index is 837. The summed E-state index contributed by atoms with van der Waals surface area (Å²) in [5, 5.41) is 1.91. The van der Waals surface area contributed by atoms with Crippen molar-refractivity contribution in [1.82, 2.24) is 10.4 Å². The number of hydrogen-bond donors (Lipinski definition) is 1. The van der Waals surface area contributed by atoms with Gasteiger partial charge in [-0.15, -0.1) is 0 Å². The monoisotopic (exact) mass is 381 g/mol. The zero-order chi connectivity index (χ0) is 20.1. The first-order chi connectivity index (χ1) is 13.6. The van der Waals surface area contributed by atoms with Gasteiger partial charge in [-0.2, -0.15) is 0 Å². The van der Waals surface area contributed by atoms with Gasteiger partial charge in [-0.1, -0.05) is 44.5 Å². The summed E-state index contributed by atoms with van der Waals surface area (Å²) >= 11 is 0. The van der Waals surface area contributed by atoms with Gasteiger partial charge >= 0.3 is 5.97 Å². The number of nitrogens with zero attached hydrogens (tertiary/aromatic N) is 2. The number of fused-ring (bicyclic) bond motifs is 1. The molecule has 28 heavy (non-hydrogen) atoms. The SMILES string of the molecule is CCCCC(=O)c1ccc(C2C=C3N=C(C(=O)OCC)C=C(CC)N3N2)cc1. The van der Waals surface area contributed by atoms with Crippen LogP contribution in [0.25, 0.3) is 0 Å². The molecule has 0 fully saturated rings. The van der Waals surface area contributed by atoms with Crippen LogP contribution in [0.15, 0.2) is 52.9 Å². The van der Waals surface area contributed by atoms with E-state index < -0.39 is 5.97 Å². The van der Waals surface area contributed by atoms with Gasteiger partial charge in [0, 0.05) is 17.7 Å². The molecule has 0 aliphatic carbocycles. The minimum Gasteiger partial charge on any atom is -0.461 e. The topological polar surface area (TPSA) is 71.0 Å². The Hall–Kier alpha value is -2.73. The van der Waals surface area contributed by atoms with Gasteiger partial charge in [0.05, 0.1) is 12.6 Å². The lowest BCUT2D eigenvalue weighted by atomic mass is 10.0. The number of aliphatic imine (C=N–C) groups is 1. The molecular weight excluding hydrogens is 354 g/mol. The van der Waals surface area contributed by atoms with E-state index >= 15 is 0 Å². The number of nitrogens with one attached hydrogen (secondary N) is 1. The second-order valence-electron chi connectivity index (χ2n) is 6.82. The predicted octanol–water partition coefficient (Wildman–Crippen LogP) is 4.07. The second kappa shape index (κ2) is 8.97. The zero-order valence-electron chi connectivity index (χ0n) is 16.7. The fraction of sp³-hybridized carbons (Fsp3) is 0.409.